The number of hydrogen-bond donors (Lipinski definition) is 0. The van der Waals surface area contributed by atoms with Crippen LogP contribution in [-0.4, -0.2) is 131 Å². The van der Waals surface area contributed by atoms with Gasteiger partial charge in [0.05, 0.1) is 110 Å². The van der Waals surface area contributed by atoms with Gasteiger partial charge in [-0.3, -0.25) is 0 Å². The van der Waals surface area contributed by atoms with E-state index < -0.39 is 11.9 Å². The van der Waals surface area contributed by atoms with Gasteiger partial charge in [0.15, 0.2) is 46.0 Å². The van der Waals surface area contributed by atoms with E-state index in [-0.39, 0.29) is 59.3 Å². The molecular formula is C50H66Br2N2O12. The van der Waals surface area contributed by atoms with Gasteiger partial charge in [-0.25, -0.2) is 9.59 Å². The van der Waals surface area contributed by atoms with E-state index in [0.717, 1.165) is 49.9 Å². The van der Waals surface area contributed by atoms with Crippen LogP contribution in [-0.2, 0) is 44.7 Å². The molecule has 0 saturated heterocycles. The summed E-state index contributed by atoms with van der Waals surface area (Å²) in [5.74, 6) is 3.46. The Kier molecular flexibility index (Phi) is 19.7. The van der Waals surface area contributed by atoms with Gasteiger partial charge in [-0.1, -0.05) is 12.1 Å². The maximum Gasteiger partial charge on any atom is 0.417 e. The number of halogens is 2. The topological polar surface area (TPSA) is 126 Å². The Labute approximate surface area is 411 Å². The average Bonchev–Trinajstić information content (AvgIpc) is 3.32. The van der Waals surface area contributed by atoms with Crippen molar-refractivity contribution >= 4 is 11.9 Å². The number of esters is 2. The predicted octanol–water partition coefficient (Wildman–Crippen LogP) is 0.903. The lowest BCUT2D eigenvalue weighted by Crippen LogP contribution is -3.00. The summed E-state index contributed by atoms with van der Waals surface area (Å²) in [5.41, 5.74) is 6.97. The molecule has 0 N–H and O–H groups in total. The molecule has 2 heterocycles. The third kappa shape index (κ3) is 12.0. The molecule has 0 aliphatic carbocycles. The summed E-state index contributed by atoms with van der Waals surface area (Å²) in [6.45, 7) is 3.30. The van der Waals surface area contributed by atoms with Crippen molar-refractivity contribution in [3.63, 3.8) is 0 Å². The molecule has 6 rings (SSSR count). The van der Waals surface area contributed by atoms with E-state index >= 15 is 0 Å². The lowest BCUT2D eigenvalue weighted by Gasteiger charge is -2.46. The number of fused-ring (bicyclic) bond motifs is 2. The van der Waals surface area contributed by atoms with Crippen LogP contribution in [0, 0.1) is 0 Å². The molecule has 16 heteroatoms. The highest BCUT2D eigenvalue weighted by molar-refractivity contribution is 6.29. The van der Waals surface area contributed by atoms with E-state index in [4.69, 9.17) is 47.4 Å². The van der Waals surface area contributed by atoms with Gasteiger partial charge >= 0.3 is 11.9 Å². The Morgan fingerprint density at radius 2 is 0.788 bits per heavy atom. The monoisotopic (exact) mass is 1040 g/mol. The zero-order chi connectivity index (χ0) is 46.0. The van der Waals surface area contributed by atoms with E-state index in [1.165, 1.54) is 22.3 Å². The molecule has 0 bridgehead atoms. The SMILES string of the molecule is COc1ccc(CC2c3cc(OC)c(OC)cc3CC[N+]2(C)CCCOC(=O)C(=O)OCCC[N+]2(C)CCc3cc(OC)c(OC)cc3C2Cc2ccc(OC)c(OC)c2)cc1OC.[Br-].[Br-]. The molecule has 4 aromatic rings. The quantitative estimate of drug-likeness (QED) is 0.0541. The van der Waals surface area contributed by atoms with Crippen LogP contribution in [0.1, 0.15) is 58.3 Å². The van der Waals surface area contributed by atoms with Crippen molar-refractivity contribution in [3.8, 4) is 46.0 Å². The second-order valence-corrected chi connectivity index (χ2v) is 17.0. The Hall–Kier alpha value is -4.90. The fourth-order valence-corrected chi connectivity index (χ4v) is 9.62. The standard InChI is InChI=1S/C50H66N2O12.2BrH/c1-51(21-17-35-29-45(59-7)47(61-9)31-37(35)39(51)25-33-13-15-41(55-3)43(27-33)57-5)19-11-23-63-49(53)50(54)64-24-12-20-52(2)22-18-36-30-46(60-8)48(62-10)32-38(36)40(52)26-34-14-16-42(56-4)44(28-34)58-6;;/h13-16,27-32,39-40H,11-12,17-26H2,1-10H3;2*1H/q+2;;/p-2. The minimum atomic E-state index is -0.981. The van der Waals surface area contributed by atoms with Crippen molar-refractivity contribution in [1.82, 2.24) is 0 Å². The molecule has 66 heavy (non-hydrogen) atoms. The van der Waals surface area contributed by atoms with Crippen molar-refractivity contribution in [2.24, 2.45) is 0 Å². The van der Waals surface area contributed by atoms with Crippen molar-refractivity contribution in [2.45, 2.75) is 50.6 Å². The van der Waals surface area contributed by atoms with Crippen LogP contribution in [0.25, 0.3) is 0 Å². The fraction of sp³-hybridized carbons (Fsp3) is 0.480. The molecule has 4 unspecified atom stereocenters. The van der Waals surface area contributed by atoms with Gasteiger partial charge in [0, 0.05) is 49.7 Å². The van der Waals surface area contributed by atoms with Crippen molar-refractivity contribution in [1.29, 1.82) is 0 Å². The number of hydrogen-bond acceptors (Lipinski definition) is 12. The van der Waals surface area contributed by atoms with Gasteiger partial charge in [0.2, 0.25) is 0 Å². The number of benzene rings is 4. The molecule has 0 fully saturated rings. The molecular weight excluding hydrogens is 980 g/mol. The second-order valence-electron chi connectivity index (χ2n) is 17.0. The summed E-state index contributed by atoms with van der Waals surface area (Å²) in [6.07, 6.45) is 4.22. The minimum Gasteiger partial charge on any atom is -1.00 e. The maximum atomic E-state index is 13.0. The van der Waals surface area contributed by atoms with Crippen LogP contribution in [0.15, 0.2) is 60.7 Å². The van der Waals surface area contributed by atoms with E-state index in [1.54, 1.807) is 56.9 Å². The molecule has 2 aliphatic heterocycles. The number of methoxy groups -OCH3 is 8. The van der Waals surface area contributed by atoms with E-state index in [2.05, 4.69) is 50.5 Å². The average molecular weight is 1050 g/mol. The zero-order valence-electron chi connectivity index (χ0n) is 40.0. The lowest BCUT2D eigenvalue weighted by atomic mass is 9.86. The Morgan fingerprint density at radius 1 is 0.470 bits per heavy atom. The third-order valence-corrected chi connectivity index (χ3v) is 13.3. The maximum absolute atomic E-state index is 13.0. The number of rotatable bonds is 20. The van der Waals surface area contributed by atoms with E-state index in [9.17, 15) is 9.59 Å². The molecule has 0 radical (unpaired) electrons. The summed E-state index contributed by atoms with van der Waals surface area (Å²) in [7, 11) is 17.6. The van der Waals surface area contributed by atoms with E-state index in [1.807, 2.05) is 24.3 Å². The first kappa shape index (κ1) is 53.7. The number of ether oxygens (including phenoxy) is 10. The lowest BCUT2D eigenvalue weighted by molar-refractivity contribution is -0.941. The first-order valence-corrected chi connectivity index (χ1v) is 21.8. The van der Waals surface area contributed by atoms with Crippen LogP contribution in [0.3, 0.4) is 0 Å². The summed E-state index contributed by atoms with van der Waals surface area (Å²) < 4.78 is 57.4. The number of carbonyl (C=O) groups excluding carboxylic acids is 2. The number of likely N-dealkylation sites (N-methyl/N-ethyl adjacent to an activating group) is 2. The van der Waals surface area contributed by atoms with Crippen LogP contribution in [0.2, 0.25) is 0 Å². The highest BCUT2D eigenvalue weighted by Gasteiger charge is 2.41. The Bertz CT molecular complexity index is 2120. The number of quaternary nitrogens is 2. The molecule has 4 atom stereocenters. The van der Waals surface area contributed by atoms with Gasteiger partial charge in [0.25, 0.3) is 0 Å². The third-order valence-electron chi connectivity index (χ3n) is 13.3. The molecule has 0 saturated carbocycles. The predicted molar refractivity (Wildman–Crippen MR) is 241 cm³/mol. The second kappa shape index (κ2) is 24.2. The van der Waals surface area contributed by atoms with Crippen LogP contribution >= 0.6 is 0 Å². The van der Waals surface area contributed by atoms with Crippen molar-refractivity contribution < 1.29 is 99.9 Å². The zero-order valence-corrected chi connectivity index (χ0v) is 43.1. The highest BCUT2D eigenvalue weighted by Crippen LogP contribution is 2.45. The summed E-state index contributed by atoms with van der Waals surface area (Å²) in [5, 5.41) is 0. The van der Waals surface area contributed by atoms with Crippen LogP contribution in [0.5, 0.6) is 46.0 Å². The normalized spacial score (nSPS) is 19.3. The summed E-state index contributed by atoms with van der Waals surface area (Å²) in [4.78, 5) is 25.9. The molecule has 14 nitrogen and oxygen atoms in total. The molecule has 0 aromatic heterocycles. The summed E-state index contributed by atoms with van der Waals surface area (Å²) >= 11 is 0. The van der Waals surface area contributed by atoms with E-state index in [0.29, 0.717) is 80.9 Å². The summed E-state index contributed by atoms with van der Waals surface area (Å²) in [6, 6.07) is 20.4. The smallest absolute Gasteiger partial charge is 0.417 e. The van der Waals surface area contributed by atoms with Crippen molar-refractivity contribution in [2.75, 3.05) is 110 Å². The Balaban J connectivity index is 0.00000476. The van der Waals surface area contributed by atoms with Crippen LogP contribution in [0.4, 0.5) is 0 Å². The number of nitrogens with zero attached hydrogens (tertiary/aromatic N) is 2. The van der Waals surface area contributed by atoms with Gasteiger partial charge in [-0.2, -0.15) is 0 Å². The molecule has 362 valence electrons. The first-order chi connectivity index (χ1) is 30.9. The fourth-order valence-electron chi connectivity index (χ4n) is 9.62. The van der Waals surface area contributed by atoms with Crippen molar-refractivity contribution in [3.05, 3.63) is 94.0 Å². The number of carbonyl (C=O) groups is 2. The van der Waals surface area contributed by atoms with Gasteiger partial charge in [0.1, 0.15) is 12.1 Å². The Morgan fingerprint density at radius 3 is 1.12 bits per heavy atom. The minimum absolute atomic E-state index is 0. The molecule has 0 spiro atoms. The molecule has 2 aliphatic rings. The molecule has 0 amide bonds. The largest absolute Gasteiger partial charge is 1.00 e. The molecule has 4 aromatic carbocycles. The van der Waals surface area contributed by atoms with Gasteiger partial charge in [-0.15, -0.1) is 0 Å². The first-order valence-electron chi connectivity index (χ1n) is 21.8. The van der Waals surface area contributed by atoms with Gasteiger partial charge < -0.3 is 90.3 Å². The van der Waals surface area contributed by atoms with Crippen LogP contribution < -0.4 is 71.9 Å². The van der Waals surface area contributed by atoms with Gasteiger partial charge in [-0.05, 0) is 70.8 Å². The highest BCUT2D eigenvalue weighted by atomic mass is 79.9.